The standard InChI is InChI=1S/C22H24N4O/c1-25-13-9-17-16-6-2-3-7-18(16)24-20(17)22(25)10-14-26(15-11-22)21(27)19-8-4-5-12-23-19/h2-8,12,24H,9-11,13-15H2,1H3. The topological polar surface area (TPSA) is 52.2 Å². The van der Waals surface area contributed by atoms with Gasteiger partial charge in [0, 0.05) is 42.4 Å². The fraction of sp³-hybridized carbons (Fsp3) is 0.364. The van der Waals surface area contributed by atoms with Gasteiger partial charge in [-0.25, -0.2) is 0 Å². The molecule has 0 atom stereocenters. The maximum Gasteiger partial charge on any atom is 0.272 e. The van der Waals surface area contributed by atoms with Gasteiger partial charge in [0.1, 0.15) is 5.69 Å². The van der Waals surface area contributed by atoms with Crippen molar-refractivity contribution in [3.8, 4) is 0 Å². The van der Waals surface area contributed by atoms with Gasteiger partial charge in [-0.15, -0.1) is 0 Å². The summed E-state index contributed by atoms with van der Waals surface area (Å²) in [5.74, 6) is 0.0424. The summed E-state index contributed by atoms with van der Waals surface area (Å²) in [4.78, 5) is 25.2. The van der Waals surface area contributed by atoms with E-state index in [1.807, 2.05) is 17.0 Å². The predicted molar refractivity (Wildman–Crippen MR) is 106 cm³/mol. The summed E-state index contributed by atoms with van der Waals surface area (Å²) in [6.45, 7) is 2.58. The van der Waals surface area contributed by atoms with Gasteiger partial charge in [-0.2, -0.15) is 0 Å². The van der Waals surface area contributed by atoms with Crippen LogP contribution in [0.3, 0.4) is 0 Å². The second-order valence-electron chi connectivity index (χ2n) is 7.73. The molecule has 1 N–H and O–H groups in total. The van der Waals surface area contributed by atoms with Gasteiger partial charge in [-0.05, 0) is 50.1 Å². The number of carbonyl (C=O) groups is 1. The Morgan fingerprint density at radius 1 is 1.07 bits per heavy atom. The van der Waals surface area contributed by atoms with Gasteiger partial charge >= 0.3 is 0 Å². The number of amides is 1. The summed E-state index contributed by atoms with van der Waals surface area (Å²) in [7, 11) is 2.23. The van der Waals surface area contributed by atoms with Crippen molar-refractivity contribution in [2.75, 3.05) is 26.7 Å². The SMILES string of the molecule is CN1CCc2c([nH]c3ccccc23)C12CCN(C(=O)c1ccccn1)CC2. The van der Waals surface area contributed by atoms with Crippen molar-refractivity contribution in [2.45, 2.75) is 24.8 Å². The third kappa shape index (κ3) is 2.49. The maximum atomic E-state index is 12.8. The zero-order valence-corrected chi connectivity index (χ0v) is 15.6. The second kappa shape index (κ2) is 6.20. The van der Waals surface area contributed by atoms with Crippen LogP contribution in [0.5, 0.6) is 0 Å². The van der Waals surface area contributed by atoms with Crippen LogP contribution in [0.25, 0.3) is 10.9 Å². The Labute approximate surface area is 159 Å². The minimum Gasteiger partial charge on any atom is -0.357 e. The molecule has 1 amide bonds. The first kappa shape index (κ1) is 16.5. The van der Waals surface area contributed by atoms with Crippen LogP contribution in [0.1, 0.15) is 34.6 Å². The largest absolute Gasteiger partial charge is 0.357 e. The number of carbonyl (C=O) groups excluding carboxylic acids is 1. The summed E-state index contributed by atoms with van der Waals surface area (Å²) in [6, 6.07) is 14.1. The molecular weight excluding hydrogens is 336 g/mol. The molecule has 27 heavy (non-hydrogen) atoms. The van der Waals surface area contributed by atoms with Crippen LogP contribution in [0.15, 0.2) is 48.7 Å². The molecule has 0 radical (unpaired) electrons. The molecule has 5 rings (SSSR count). The Balaban J connectivity index is 1.46. The molecule has 5 nitrogen and oxygen atoms in total. The van der Waals surface area contributed by atoms with Crippen LogP contribution in [0.2, 0.25) is 0 Å². The lowest BCUT2D eigenvalue weighted by atomic mass is 9.78. The van der Waals surface area contributed by atoms with E-state index in [1.165, 1.54) is 22.2 Å². The molecule has 5 heteroatoms. The number of piperidine rings is 1. The lowest BCUT2D eigenvalue weighted by Crippen LogP contribution is -2.55. The van der Waals surface area contributed by atoms with Gasteiger partial charge in [0.15, 0.2) is 0 Å². The number of benzene rings is 1. The molecule has 2 aromatic heterocycles. The van der Waals surface area contributed by atoms with Crippen molar-refractivity contribution in [3.05, 3.63) is 65.6 Å². The van der Waals surface area contributed by atoms with Crippen LogP contribution in [-0.4, -0.2) is 52.4 Å². The van der Waals surface area contributed by atoms with Crippen molar-refractivity contribution in [2.24, 2.45) is 0 Å². The predicted octanol–water partition coefficient (Wildman–Crippen LogP) is 3.18. The third-order valence-corrected chi connectivity index (χ3v) is 6.47. The van der Waals surface area contributed by atoms with Crippen molar-refractivity contribution in [1.82, 2.24) is 19.8 Å². The van der Waals surface area contributed by atoms with Gasteiger partial charge in [0.2, 0.25) is 0 Å². The number of likely N-dealkylation sites (tertiary alicyclic amines) is 1. The normalized spacial score (nSPS) is 19.4. The number of aromatic amines is 1. The van der Waals surface area contributed by atoms with E-state index in [0.717, 1.165) is 38.9 Å². The number of para-hydroxylation sites is 1. The highest BCUT2D eigenvalue weighted by molar-refractivity contribution is 5.92. The number of pyridine rings is 1. The molecule has 1 fully saturated rings. The average molecular weight is 360 g/mol. The Hall–Kier alpha value is -2.66. The second-order valence-corrected chi connectivity index (χ2v) is 7.73. The average Bonchev–Trinajstić information content (AvgIpc) is 3.11. The minimum atomic E-state index is -0.00645. The fourth-order valence-corrected chi connectivity index (χ4v) is 4.90. The number of likely N-dealkylation sites (N-methyl/N-ethyl adjacent to an activating group) is 1. The van der Waals surface area contributed by atoms with Gasteiger partial charge in [0.05, 0.1) is 5.54 Å². The summed E-state index contributed by atoms with van der Waals surface area (Å²) in [5.41, 5.74) is 4.59. The van der Waals surface area contributed by atoms with Crippen molar-refractivity contribution in [3.63, 3.8) is 0 Å². The van der Waals surface area contributed by atoms with E-state index in [4.69, 9.17) is 0 Å². The lowest BCUT2D eigenvalue weighted by molar-refractivity contribution is 0.0229. The lowest BCUT2D eigenvalue weighted by Gasteiger charge is -2.49. The van der Waals surface area contributed by atoms with Crippen molar-refractivity contribution in [1.29, 1.82) is 0 Å². The molecule has 1 spiro atoms. The molecule has 3 aromatic rings. The zero-order valence-electron chi connectivity index (χ0n) is 15.6. The number of nitrogens with one attached hydrogen (secondary N) is 1. The van der Waals surface area contributed by atoms with E-state index in [-0.39, 0.29) is 11.4 Å². The first-order chi connectivity index (χ1) is 13.2. The van der Waals surface area contributed by atoms with Crippen LogP contribution in [-0.2, 0) is 12.0 Å². The highest BCUT2D eigenvalue weighted by Gasteiger charge is 2.45. The molecular formula is C22H24N4O. The van der Waals surface area contributed by atoms with E-state index in [9.17, 15) is 4.79 Å². The number of hydrogen-bond acceptors (Lipinski definition) is 3. The van der Waals surface area contributed by atoms with Crippen LogP contribution in [0.4, 0.5) is 0 Å². The summed E-state index contributed by atoms with van der Waals surface area (Å²) in [6.07, 6.45) is 4.66. The zero-order chi connectivity index (χ0) is 18.4. The van der Waals surface area contributed by atoms with Gasteiger partial charge in [0.25, 0.3) is 5.91 Å². The van der Waals surface area contributed by atoms with E-state index < -0.39 is 0 Å². The van der Waals surface area contributed by atoms with E-state index in [1.54, 1.807) is 12.3 Å². The molecule has 0 bridgehead atoms. The smallest absolute Gasteiger partial charge is 0.272 e. The molecule has 2 aliphatic heterocycles. The fourth-order valence-electron chi connectivity index (χ4n) is 4.90. The first-order valence-electron chi connectivity index (χ1n) is 9.71. The van der Waals surface area contributed by atoms with E-state index >= 15 is 0 Å². The highest BCUT2D eigenvalue weighted by atomic mass is 16.2. The number of fused-ring (bicyclic) bond motifs is 4. The maximum absolute atomic E-state index is 12.8. The van der Waals surface area contributed by atoms with Crippen molar-refractivity contribution < 1.29 is 4.79 Å². The summed E-state index contributed by atoms with van der Waals surface area (Å²) >= 11 is 0. The molecule has 138 valence electrons. The van der Waals surface area contributed by atoms with Gasteiger partial charge < -0.3 is 9.88 Å². The number of nitrogens with zero attached hydrogens (tertiary/aromatic N) is 3. The van der Waals surface area contributed by atoms with Gasteiger partial charge in [-0.3, -0.25) is 14.7 Å². The first-order valence-corrected chi connectivity index (χ1v) is 9.71. The number of H-pyrrole nitrogens is 1. The molecule has 0 aliphatic carbocycles. The van der Waals surface area contributed by atoms with Crippen molar-refractivity contribution >= 4 is 16.8 Å². The summed E-state index contributed by atoms with van der Waals surface area (Å²) in [5, 5.41) is 1.35. The molecule has 1 aromatic carbocycles. The number of hydrogen-bond donors (Lipinski definition) is 1. The molecule has 0 saturated carbocycles. The Kier molecular flexibility index (Phi) is 3.79. The quantitative estimate of drug-likeness (QED) is 0.725. The van der Waals surface area contributed by atoms with Crippen LogP contribution < -0.4 is 0 Å². The summed E-state index contributed by atoms with van der Waals surface area (Å²) < 4.78 is 0. The molecule has 2 aliphatic rings. The van der Waals surface area contributed by atoms with Crippen LogP contribution >= 0.6 is 0 Å². The Bertz CT molecular complexity index is 986. The Morgan fingerprint density at radius 3 is 2.63 bits per heavy atom. The minimum absolute atomic E-state index is 0.00645. The Morgan fingerprint density at radius 2 is 1.85 bits per heavy atom. The van der Waals surface area contributed by atoms with Crippen LogP contribution in [0, 0.1) is 0 Å². The highest BCUT2D eigenvalue weighted by Crippen LogP contribution is 2.44. The number of rotatable bonds is 1. The molecule has 0 unspecified atom stereocenters. The van der Waals surface area contributed by atoms with E-state index in [0.29, 0.717) is 5.69 Å². The van der Waals surface area contributed by atoms with Gasteiger partial charge in [-0.1, -0.05) is 24.3 Å². The number of aromatic nitrogens is 2. The molecule has 1 saturated heterocycles. The molecule has 4 heterocycles. The van der Waals surface area contributed by atoms with E-state index in [2.05, 4.69) is 46.2 Å². The monoisotopic (exact) mass is 360 g/mol. The third-order valence-electron chi connectivity index (χ3n) is 6.47.